The average molecular weight is 443 g/mol. The first-order valence-corrected chi connectivity index (χ1v) is 10.2. The minimum Gasteiger partial charge on any atom is -0.493 e. The minimum atomic E-state index is -0.826. The van der Waals surface area contributed by atoms with E-state index < -0.39 is 17.8 Å². The van der Waals surface area contributed by atoms with Gasteiger partial charge in [0, 0.05) is 5.02 Å². The van der Waals surface area contributed by atoms with E-state index in [4.69, 9.17) is 21.1 Å². The zero-order valence-corrected chi connectivity index (χ0v) is 18.4. The van der Waals surface area contributed by atoms with Crippen molar-refractivity contribution in [3.05, 3.63) is 58.1 Å². The van der Waals surface area contributed by atoms with Gasteiger partial charge in [0.1, 0.15) is 5.57 Å². The fraction of sp³-hybridized carbons (Fsp3) is 0.261. The van der Waals surface area contributed by atoms with Crippen molar-refractivity contribution in [1.29, 1.82) is 0 Å². The van der Waals surface area contributed by atoms with Gasteiger partial charge in [0.05, 0.1) is 18.9 Å². The van der Waals surface area contributed by atoms with Gasteiger partial charge in [-0.15, -0.1) is 0 Å². The first kappa shape index (κ1) is 22.4. The molecule has 31 heavy (non-hydrogen) atoms. The topological polar surface area (TPSA) is 84.9 Å². The maximum Gasteiger partial charge on any atom is 0.335 e. The van der Waals surface area contributed by atoms with E-state index in [1.807, 2.05) is 13.8 Å². The Kier molecular flexibility index (Phi) is 6.65. The summed E-state index contributed by atoms with van der Waals surface area (Å²) in [5.74, 6) is -0.482. The molecule has 0 unspecified atom stereocenters. The van der Waals surface area contributed by atoms with Gasteiger partial charge >= 0.3 is 6.03 Å². The summed E-state index contributed by atoms with van der Waals surface area (Å²) in [6, 6.07) is 9.14. The molecule has 0 bridgehead atoms. The molecule has 1 aliphatic rings. The lowest BCUT2D eigenvalue weighted by atomic mass is 10.1. The molecule has 162 valence electrons. The van der Waals surface area contributed by atoms with Crippen molar-refractivity contribution in [1.82, 2.24) is 5.32 Å². The van der Waals surface area contributed by atoms with Gasteiger partial charge < -0.3 is 9.47 Å². The van der Waals surface area contributed by atoms with Crippen LogP contribution in [0, 0.1) is 6.92 Å². The molecule has 0 aromatic heterocycles. The number of anilines is 1. The summed E-state index contributed by atoms with van der Waals surface area (Å²) in [5, 5.41) is 2.61. The molecule has 1 aliphatic heterocycles. The van der Waals surface area contributed by atoms with Crippen molar-refractivity contribution >= 4 is 41.2 Å². The predicted octanol–water partition coefficient (Wildman–Crippen LogP) is 4.50. The summed E-state index contributed by atoms with van der Waals surface area (Å²) in [5.41, 5.74) is 1.22. The SMILES string of the molecule is CC[C@@H](C)Oc1ccc(/C=C2\C(=O)NC(=O)N(c3cccc(Cl)c3C)C2=O)cc1OC. The number of imide groups is 2. The van der Waals surface area contributed by atoms with E-state index >= 15 is 0 Å². The highest BCUT2D eigenvalue weighted by molar-refractivity contribution is 6.39. The molecule has 8 heteroatoms. The number of nitrogens with one attached hydrogen (secondary N) is 1. The molecule has 2 aromatic rings. The molecule has 0 saturated carbocycles. The number of carbonyl (C=O) groups is 3. The highest BCUT2D eigenvalue weighted by atomic mass is 35.5. The van der Waals surface area contributed by atoms with E-state index in [-0.39, 0.29) is 11.7 Å². The standard InChI is InChI=1S/C23H23ClN2O5/c1-5-13(2)31-19-10-9-15(12-20(19)30-4)11-16-21(27)25-23(29)26(22(16)28)18-8-6-7-17(24)14(18)3/h6-13H,5H2,1-4H3,(H,25,27,29)/b16-11+/t13-/m1/s1. The Bertz CT molecular complexity index is 1080. The average Bonchev–Trinajstić information content (AvgIpc) is 2.74. The van der Waals surface area contributed by atoms with E-state index in [9.17, 15) is 14.4 Å². The second-order valence-electron chi connectivity index (χ2n) is 7.09. The highest BCUT2D eigenvalue weighted by Crippen LogP contribution is 2.32. The van der Waals surface area contributed by atoms with E-state index in [0.717, 1.165) is 11.3 Å². The van der Waals surface area contributed by atoms with Crippen LogP contribution < -0.4 is 19.7 Å². The van der Waals surface area contributed by atoms with Crippen LogP contribution in [0.15, 0.2) is 42.0 Å². The number of amides is 4. The van der Waals surface area contributed by atoms with Gasteiger partial charge in [-0.05, 0) is 61.7 Å². The summed E-state index contributed by atoms with van der Waals surface area (Å²) in [7, 11) is 1.51. The fourth-order valence-corrected chi connectivity index (χ4v) is 3.22. The molecule has 4 amide bonds. The van der Waals surface area contributed by atoms with Crippen LogP contribution >= 0.6 is 11.6 Å². The second-order valence-corrected chi connectivity index (χ2v) is 7.50. The van der Waals surface area contributed by atoms with Crippen LogP contribution in [0.1, 0.15) is 31.4 Å². The normalized spacial score (nSPS) is 16.4. The van der Waals surface area contributed by atoms with Gasteiger partial charge in [0.25, 0.3) is 11.8 Å². The number of ether oxygens (including phenoxy) is 2. The lowest BCUT2D eigenvalue weighted by Crippen LogP contribution is -2.54. The van der Waals surface area contributed by atoms with Gasteiger partial charge in [-0.25, -0.2) is 9.69 Å². The smallest absolute Gasteiger partial charge is 0.335 e. The summed E-state index contributed by atoms with van der Waals surface area (Å²) < 4.78 is 11.2. The summed E-state index contributed by atoms with van der Waals surface area (Å²) in [4.78, 5) is 38.9. The van der Waals surface area contributed by atoms with Crippen LogP contribution in [0.4, 0.5) is 10.5 Å². The summed E-state index contributed by atoms with van der Waals surface area (Å²) in [6.45, 7) is 5.65. The van der Waals surface area contributed by atoms with Crippen molar-refractivity contribution in [3.63, 3.8) is 0 Å². The van der Waals surface area contributed by atoms with E-state index in [2.05, 4.69) is 5.32 Å². The van der Waals surface area contributed by atoms with Crippen LogP contribution in [-0.2, 0) is 9.59 Å². The predicted molar refractivity (Wildman–Crippen MR) is 119 cm³/mol. The zero-order valence-electron chi connectivity index (χ0n) is 17.7. The third kappa shape index (κ3) is 4.56. The van der Waals surface area contributed by atoms with Crippen LogP contribution in [0.3, 0.4) is 0 Å². The Morgan fingerprint density at radius 1 is 1.16 bits per heavy atom. The van der Waals surface area contributed by atoms with Gasteiger partial charge in [-0.3, -0.25) is 14.9 Å². The number of benzene rings is 2. The maximum absolute atomic E-state index is 13.1. The number of hydrogen-bond donors (Lipinski definition) is 1. The largest absolute Gasteiger partial charge is 0.493 e. The number of barbiturate groups is 1. The molecule has 0 spiro atoms. The molecule has 1 atom stereocenters. The molecule has 0 aliphatic carbocycles. The number of urea groups is 1. The van der Waals surface area contributed by atoms with Crippen molar-refractivity contribution in [2.24, 2.45) is 0 Å². The van der Waals surface area contributed by atoms with E-state index in [1.165, 1.54) is 13.2 Å². The molecule has 2 aromatic carbocycles. The molecule has 7 nitrogen and oxygen atoms in total. The number of halogens is 1. The molecular weight excluding hydrogens is 420 g/mol. The molecule has 3 rings (SSSR count). The lowest BCUT2D eigenvalue weighted by Gasteiger charge is -2.27. The fourth-order valence-electron chi connectivity index (χ4n) is 3.05. The van der Waals surface area contributed by atoms with Gasteiger partial charge in [-0.1, -0.05) is 30.7 Å². The van der Waals surface area contributed by atoms with Gasteiger partial charge in [0.15, 0.2) is 11.5 Å². The van der Waals surface area contributed by atoms with Crippen molar-refractivity contribution in [2.75, 3.05) is 12.0 Å². The number of nitrogens with zero attached hydrogens (tertiary/aromatic N) is 1. The van der Waals surface area contributed by atoms with Crippen molar-refractivity contribution in [2.45, 2.75) is 33.3 Å². The Hall–Kier alpha value is -3.32. The molecule has 1 N–H and O–H groups in total. The molecule has 1 fully saturated rings. The second kappa shape index (κ2) is 9.22. The first-order valence-electron chi connectivity index (χ1n) is 9.78. The van der Waals surface area contributed by atoms with E-state index in [1.54, 1.807) is 43.3 Å². The third-order valence-corrected chi connectivity index (χ3v) is 5.39. The van der Waals surface area contributed by atoms with Gasteiger partial charge in [0.2, 0.25) is 0 Å². The summed E-state index contributed by atoms with van der Waals surface area (Å²) >= 11 is 6.14. The minimum absolute atomic E-state index is 0.00399. The van der Waals surface area contributed by atoms with Crippen molar-refractivity contribution in [3.8, 4) is 11.5 Å². The molecule has 1 saturated heterocycles. The highest BCUT2D eigenvalue weighted by Gasteiger charge is 2.37. The molecule has 0 radical (unpaired) electrons. The Labute approximate surface area is 185 Å². The third-order valence-electron chi connectivity index (χ3n) is 4.98. The summed E-state index contributed by atoms with van der Waals surface area (Å²) in [6.07, 6.45) is 2.24. The number of carbonyl (C=O) groups excluding carboxylic acids is 3. The quantitative estimate of drug-likeness (QED) is 0.526. The van der Waals surface area contributed by atoms with E-state index in [0.29, 0.717) is 33.3 Å². The van der Waals surface area contributed by atoms with Crippen LogP contribution in [0.5, 0.6) is 11.5 Å². The first-order chi connectivity index (χ1) is 14.8. The Morgan fingerprint density at radius 2 is 1.90 bits per heavy atom. The zero-order chi connectivity index (χ0) is 22.7. The van der Waals surface area contributed by atoms with Crippen LogP contribution in [-0.4, -0.2) is 31.1 Å². The number of methoxy groups -OCH3 is 1. The Balaban J connectivity index is 1.99. The molecule has 1 heterocycles. The number of rotatable bonds is 6. The lowest BCUT2D eigenvalue weighted by molar-refractivity contribution is -0.122. The monoisotopic (exact) mass is 442 g/mol. The van der Waals surface area contributed by atoms with Crippen molar-refractivity contribution < 1.29 is 23.9 Å². The number of hydrogen-bond acceptors (Lipinski definition) is 5. The molecular formula is C23H23ClN2O5. The van der Waals surface area contributed by atoms with Crippen LogP contribution in [0.2, 0.25) is 5.02 Å². The maximum atomic E-state index is 13.1. The Morgan fingerprint density at radius 3 is 2.58 bits per heavy atom. The van der Waals surface area contributed by atoms with Crippen LogP contribution in [0.25, 0.3) is 6.08 Å². The van der Waals surface area contributed by atoms with Gasteiger partial charge in [-0.2, -0.15) is 0 Å².